The lowest BCUT2D eigenvalue weighted by Crippen LogP contribution is -2.30. The van der Waals surface area contributed by atoms with Gasteiger partial charge in [-0.15, -0.1) is 0 Å². The number of nitrogens with zero attached hydrogens (tertiary/aromatic N) is 1. The molecule has 0 aliphatic rings. The van der Waals surface area contributed by atoms with Crippen molar-refractivity contribution < 1.29 is 9.53 Å². The third-order valence-electron chi connectivity index (χ3n) is 3.42. The summed E-state index contributed by atoms with van der Waals surface area (Å²) in [7, 11) is 1.44. The Kier molecular flexibility index (Phi) is 5.36. The highest BCUT2D eigenvalue weighted by Crippen LogP contribution is 2.05. The summed E-state index contributed by atoms with van der Waals surface area (Å²) in [4.78, 5) is 23.6. The zero-order valence-corrected chi connectivity index (χ0v) is 12.8. The van der Waals surface area contributed by atoms with E-state index in [1.54, 1.807) is 17.7 Å². The van der Waals surface area contributed by atoms with E-state index in [0.29, 0.717) is 6.54 Å². The minimum Gasteiger partial charge on any atom is -0.491 e. The number of hydrogen-bond donors (Lipinski definition) is 1. The Balaban J connectivity index is 1.91. The molecule has 0 spiro atoms. The molecule has 1 aromatic carbocycles. The maximum absolute atomic E-state index is 12.0. The molecule has 0 saturated heterocycles. The lowest BCUT2D eigenvalue weighted by atomic mass is 10.1. The van der Waals surface area contributed by atoms with Crippen LogP contribution in [0.3, 0.4) is 0 Å². The zero-order valence-electron chi connectivity index (χ0n) is 12.8. The fourth-order valence-corrected chi connectivity index (χ4v) is 2.18. The van der Waals surface area contributed by atoms with Gasteiger partial charge in [0.05, 0.1) is 13.3 Å². The van der Waals surface area contributed by atoms with Gasteiger partial charge in [0.2, 0.25) is 11.3 Å². The van der Waals surface area contributed by atoms with E-state index < -0.39 is 0 Å². The normalized spacial score (nSPS) is 10.3. The van der Waals surface area contributed by atoms with Gasteiger partial charge in [-0.3, -0.25) is 9.59 Å². The molecule has 22 heavy (non-hydrogen) atoms. The number of amides is 1. The highest BCUT2D eigenvalue weighted by molar-refractivity contribution is 5.75. The molecule has 5 heteroatoms. The van der Waals surface area contributed by atoms with E-state index in [0.717, 1.165) is 12.1 Å². The number of methoxy groups -OCH3 is 1. The van der Waals surface area contributed by atoms with Crippen LogP contribution in [-0.4, -0.2) is 24.1 Å². The Hall–Kier alpha value is -2.56. The minimum atomic E-state index is -0.180. The standard InChI is InChI=1S/C17H20N2O3/c1-13-10-15(20)16(22-2)11-19(13)12-17(21)18-9-8-14-6-4-3-5-7-14/h3-7,10-11H,8-9,12H2,1-2H3,(H,18,21). The summed E-state index contributed by atoms with van der Waals surface area (Å²) in [5.41, 5.74) is 1.73. The predicted molar refractivity (Wildman–Crippen MR) is 85.1 cm³/mol. The van der Waals surface area contributed by atoms with Crippen molar-refractivity contribution in [2.24, 2.45) is 0 Å². The van der Waals surface area contributed by atoms with Gasteiger partial charge in [-0.1, -0.05) is 30.3 Å². The Morgan fingerprint density at radius 2 is 2.00 bits per heavy atom. The number of aromatic nitrogens is 1. The van der Waals surface area contributed by atoms with Crippen molar-refractivity contribution in [2.75, 3.05) is 13.7 Å². The Morgan fingerprint density at radius 1 is 1.27 bits per heavy atom. The third kappa shape index (κ3) is 4.22. The fraction of sp³-hybridized carbons (Fsp3) is 0.294. The molecule has 0 unspecified atom stereocenters. The summed E-state index contributed by atoms with van der Waals surface area (Å²) in [5, 5.41) is 2.88. The first-order valence-electron chi connectivity index (χ1n) is 7.16. The number of benzene rings is 1. The van der Waals surface area contributed by atoms with E-state index in [9.17, 15) is 9.59 Å². The maximum atomic E-state index is 12.0. The van der Waals surface area contributed by atoms with Crippen molar-refractivity contribution in [3.05, 3.63) is 64.1 Å². The van der Waals surface area contributed by atoms with Crippen LogP contribution in [0, 0.1) is 6.92 Å². The van der Waals surface area contributed by atoms with Crippen molar-refractivity contribution in [1.82, 2.24) is 9.88 Å². The molecule has 0 fully saturated rings. The second kappa shape index (κ2) is 7.45. The molecule has 0 aliphatic carbocycles. The van der Waals surface area contributed by atoms with E-state index in [1.807, 2.05) is 30.3 Å². The SMILES string of the molecule is COc1cn(CC(=O)NCCc2ccccc2)c(C)cc1=O. The van der Waals surface area contributed by atoms with Crippen LogP contribution < -0.4 is 15.5 Å². The third-order valence-corrected chi connectivity index (χ3v) is 3.42. The molecule has 0 atom stereocenters. The molecule has 116 valence electrons. The van der Waals surface area contributed by atoms with Crippen molar-refractivity contribution in [2.45, 2.75) is 19.9 Å². The van der Waals surface area contributed by atoms with Gasteiger partial charge in [0.25, 0.3) is 0 Å². The monoisotopic (exact) mass is 300 g/mol. The van der Waals surface area contributed by atoms with Crippen molar-refractivity contribution in [1.29, 1.82) is 0 Å². The second-order valence-corrected chi connectivity index (χ2v) is 5.06. The van der Waals surface area contributed by atoms with Gasteiger partial charge < -0.3 is 14.6 Å². The van der Waals surface area contributed by atoms with Crippen LogP contribution in [0.25, 0.3) is 0 Å². The Labute approximate surface area is 129 Å². The molecular formula is C17H20N2O3. The number of ether oxygens (including phenoxy) is 1. The van der Waals surface area contributed by atoms with Crippen LogP contribution >= 0.6 is 0 Å². The molecule has 0 saturated carbocycles. The second-order valence-electron chi connectivity index (χ2n) is 5.06. The molecule has 0 radical (unpaired) electrons. The molecule has 2 aromatic rings. The maximum Gasteiger partial charge on any atom is 0.239 e. The number of carbonyl (C=O) groups excluding carboxylic acids is 1. The van der Waals surface area contributed by atoms with E-state index >= 15 is 0 Å². The summed E-state index contributed by atoms with van der Waals surface area (Å²) in [6, 6.07) is 11.5. The van der Waals surface area contributed by atoms with Gasteiger partial charge in [0.15, 0.2) is 5.75 Å². The first kappa shape index (κ1) is 15.8. The van der Waals surface area contributed by atoms with Gasteiger partial charge >= 0.3 is 0 Å². The molecule has 0 aliphatic heterocycles. The fourth-order valence-electron chi connectivity index (χ4n) is 2.18. The highest BCUT2D eigenvalue weighted by atomic mass is 16.5. The van der Waals surface area contributed by atoms with Crippen LogP contribution in [0.4, 0.5) is 0 Å². The van der Waals surface area contributed by atoms with Crippen LogP contribution in [-0.2, 0) is 17.8 Å². The number of aryl methyl sites for hydroxylation is 1. The van der Waals surface area contributed by atoms with E-state index in [4.69, 9.17) is 4.74 Å². The Morgan fingerprint density at radius 3 is 2.68 bits per heavy atom. The summed E-state index contributed by atoms with van der Waals surface area (Å²) in [6.45, 7) is 2.54. The summed E-state index contributed by atoms with van der Waals surface area (Å²) in [6.07, 6.45) is 2.35. The number of rotatable bonds is 6. The number of pyridine rings is 1. The quantitative estimate of drug-likeness (QED) is 0.880. The van der Waals surface area contributed by atoms with Gasteiger partial charge in [0.1, 0.15) is 6.54 Å². The van der Waals surface area contributed by atoms with E-state index in [2.05, 4.69) is 5.32 Å². The summed E-state index contributed by atoms with van der Waals surface area (Å²) >= 11 is 0. The zero-order chi connectivity index (χ0) is 15.9. The average molecular weight is 300 g/mol. The molecule has 1 heterocycles. The summed E-state index contributed by atoms with van der Waals surface area (Å²) < 4.78 is 6.70. The van der Waals surface area contributed by atoms with Gasteiger partial charge in [-0.25, -0.2) is 0 Å². The molecule has 1 amide bonds. The number of nitrogens with one attached hydrogen (secondary N) is 1. The number of hydrogen-bond acceptors (Lipinski definition) is 3. The lowest BCUT2D eigenvalue weighted by Gasteiger charge is -2.12. The van der Waals surface area contributed by atoms with Crippen LogP contribution in [0.5, 0.6) is 5.75 Å². The smallest absolute Gasteiger partial charge is 0.239 e. The topological polar surface area (TPSA) is 60.3 Å². The minimum absolute atomic E-state index is 0.0928. The van der Waals surface area contributed by atoms with Crippen molar-refractivity contribution in [3.8, 4) is 5.75 Å². The number of carbonyl (C=O) groups is 1. The highest BCUT2D eigenvalue weighted by Gasteiger charge is 2.07. The van der Waals surface area contributed by atoms with Crippen molar-refractivity contribution in [3.63, 3.8) is 0 Å². The summed E-state index contributed by atoms with van der Waals surface area (Å²) in [5.74, 6) is 0.146. The largest absolute Gasteiger partial charge is 0.491 e. The van der Waals surface area contributed by atoms with Gasteiger partial charge in [-0.05, 0) is 18.9 Å². The Bertz CT molecular complexity index is 693. The van der Waals surface area contributed by atoms with Crippen LogP contribution in [0.2, 0.25) is 0 Å². The predicted octanol–water partition coefficient (Wildman–Crippen LogP) is 1.52. The molecule has 2 rings (SSSR count). The van der Waals surface area contributed by atoms with Crippen LogP contribution in [0.15, 0.2) is 47.4 Å². The molecule has 0 bridgehead atoms. The average Bonchev–Trinajstić information content (AvgIpc) is 2.51. The van der Waals surface area contributed by atoms with Gasteiger partial charge in [0, 0.05) is 18.3 Å². The van der Waals surface area contributed by atoms with E-state index in [1.165, 1.54) is 18.7 Å². The van der Waals surface area contributed by atoms with E-state index in [-0.39, 0.29) is 23.6 Å². The van der Waals surface area contributed by atoms with Gasteiger partial charge in [-0.2, -0.15) is 0 Å². The molecule has 1 aromatic heterocycles. The van der Waals surface area contributed by atoms with Crippen LogP contribution in [0.1, 0.15) is 11.3 Å². The molecule has 5 nitrogen and oxygen atoms in total. The van der Waals surface area contributed by atoms with Crippen molar-refractivity contribution >= 4 is 5.91 Å². The first-order valence-corrected chi connectivity index (χ1v) is 7.16. The lowest BCUT2D eigenvalue weighted by molar-refractivity contribution is -0.121. The molecule has 1 N–H and O–H groups in total. The molecular weight excluding hydrogens is 280 g/mol. The first-order chi connectivity index (χ1) is 10.6.